The fourth-order valence-electron chi connectivity index (χ4n) is 1.92. The number of aromatic nitrogens is 1. The average Bonchev–Trinajstić information content (AvgIpc) is 2.46. The zero-order chi connectivity index (χ0) is 14.1. The van der Waals surface area contributed by atoms with Gasteiger partial charge in [0.15, 0.2) is 17.3 Å². The van der Waals surface area contributed by atoms with Crippen LogP contribution in [0, 0.1) is 11.6 Å². The summed E-state index contributed by atoms with van der Waals surface area (Å²) in [4.78, 5) is 4.15. The van der Waals surface area contributed by atoms with Crippen LogP contribution in [-0.2, 0) is 0 Å². The molecule has 3 aromatic rings. The van der Waals surface area contributed by atoms with Crippen molar-refractivity contribution in [1.29, 1.82) is 0 Å². The Kier molecular flexibility index (Phi) is 2.95. The van der Waals surface area contributed by atoms with Crippen molar-refractivity contribution in [2.24, 2.45) is 0 Å². The van der Waals surface area contributed by atoms with Crippen LogP contribution < -0.4 is 10.5 Å². The highest BCUT2D eigenvalue weighted by atomic mass is 19.1. The van der Waals surface area contributed by atoms with E-state index in [0.717, 1.165) is 18.2 Å². The third kappa shape index (κ3) is 2.14. The standard InChI is InChI=1S/C15H10F2N2O/c16-9-3-4-11(17)14(8-9)20-13-6-5-12-10(15(13)18)2-1-7-19-12/h1-8H,18H2. The molecule has 5 heteroatoms. The van der Waals surface area contributed by atoms with Crippen LogP contribution in [0.1, 0.15) is 0 Å². The molecular formula is C15H10F2N2O. The summed E-state index contributed by atoms with van der Waals surface area (Å²) < 4.78 is 32.0. The van der Waals surface area contributed by atoms with Crippen molar-refractivity contribution in [2.45, 2.75) is 0 Å². The highest BCUT2D eigenvalue weighted by Gasteiger charge is 2.10. The van der Waals surface area contributed by atoms with E-state index in [1.807, 2.05) is 0 Å². The summed E-state index contributed by atoms with van der Waals surface area (Å²) in [6.45, 7) is 0. The van der Waals surface area contributed by atoms with Crippen LogP contribution in [0.5, 0.6) is 11.5 Å². The van der Waals surface area contributed by atoms with Crippen molar-refractivity contribution in [1.82, 2.24) is 4.98 Å². The maximum absolute atomic E-state index is 13.6. The third-order valence-corrected chi connectivity index (χ3v) is 2.90. The van der Waals surface area contributed by atoms with Crippen molar-refractivity contribution in [3.63, 3.8) is 0 Å². The number of halogens is 2. The molecule has 0 saturated carbocycles. The average molecular weight is 272 g/mol. The summed E-state index contributed by atoms with van der Waals surface area (Å²) in [5.74, 6) is -1.19. The molecule has 3 nitrogen and oxygen atoms in total. The number of hydrogen-bond donors (Lipinski definition) is 1. The van der Waals surface area contributed by atoms with Gasteiger partial charge in [-0.15, -0.1) is 0 Å². The van der Waals surface area contributed by atoms with Crippen LogP contribution in [-0.4, -0.2) is 4.98 Å². The number of pyridine rings is 1. The number of nitrogens with two attached hydrogens (primary N) is 1. The molecule has 2 aromatic carbocycles. The monoisotopic (exact) mass is 272 g/mol. The second-order valence-electron chi connectivity index (χ2n) is 4.22. The predicted molar refractivity (Wildman–Crippen MR) is 72.6 cm³/mol. The van der Waals surface area contributed by atoms with E-state index in [1.165, 1.54) is 0 Å². The first-order valence-corrected chi connectivity index (χ1v) is 5.91. The largest absolute Gasteiger partial charge is 0.452 e. The lowest BCUT2D eigenvalue weighted by Gasteiger charge is -2.11. The summed E-state index contributed by atoms with van der Waals surface area (Å²) in [6, 6.07) is 9.81. The molecule has 0 fully saturated rings. The van der Waals surface area contributed by atoms with Gasteiger partial charge >= 0.3 is 0 Å². The lowest BCUT2D eigenvalue weighted by atomic mass is 10.1. The Hall–Kier alpha value is -2.69. The first-order chi connectivity index (χ1) is 9.65. The maximum Gasteiger partial charge on any atom is 0.166 e. The van der Waals surface area contributed by atoms with E-state index in [4.69, 9.17) is 10.5 Å². The molecule has 0 aliphatic carbocycles. The quantitative estimate of drug-likeness (QED) is 0.720. The van der Waals surface area contributed by atoms with Crippen molar-refractivity contribution in [3.05, 3.63) is 60.3 Å². The van der Waals surface area contributed by atoms with Gasteiger partial charge in [0.05, 0.1) is 11.2 Å². The number of anilines is 1. The summed E-state index contributed by atoms with van der Waals surface area (Å²) >= 11 is 0. The smallest absolute Gasteiger partial charge is 0.166 e. The van der Waals surface area contributed by atoms with Crippen LogP contribution in [0.3, 0.4) is 0 Å². The summed E-state index contributed by atoms with van der Waals surface area (Å²) in [5, 5.41) is 0.696. The van der Waals surface area contributed by atoms with Crippen molar-refractivity contribution < 1.29 is 13.5 Å². The summed E-state index contributed by atoms with van der Waals surface area (Å²) in [7, 11) is 0. The third-order valence-electron chi connectivity index (χ3n) is 2.90. The lowest BCUT2D eigenvalue weighted by Crippen LogP contribution is -1.96. The van der Waals surface area contributed by atoms with Crippen molar-refractivity contribution in [3.8, 4) is 11.5 Å². The van der Waals surface area contributed by atoms with Crippen molar-refractivity contribution >= 4 is 16.6 Å². The molecule has 0 saturated heterocycles. The number of benzene rings is 2. The molecule has 1 aromatic heterocycles. The fraction of sp³-hybridized carbons (Fsp3) is 0. The SMILES string of the molecule is Nc1c(Oc2cc(F)ccc2F)ccc2ncccc12. The Balaban J connectivity index is 2.07. The van der Waals surface area contributed by atoms with Crippen LogP contribution in [0.2, 0.25) is 0 Å². The van der Waals surface area contributed by atoms with Crippen molar-refractivity contribution in [2.75, 3.05) is 5.73 Å². The van der Waals surface area contributed by atoms with Gasteiger partial charge in [-0.2, -0.15) is 0 Å². The van der Waals surface area contributed by atoms with E-state index in [0.29, 0.717) is 16.6 Å². The Labute approximate surface area is 113 Å². The highest BCUT2D eigenvalue weighted by Crippen LogP contribution is 2.34. The molecule has 0 bridgehead atoms. The first-order valence-electron chi connectivity index (χ1n) is 5.91. The Morgan fingerprint density at radius 3 is 2.70 bits per heavy atom. The highest BCUT2D eigenvalue weighted by molar-refractivity contribution is 5.93. The van der Waals surface area contributed by atoms with Crippen LogP contribution in [0.25, 0.3) is 10.9 Å². The van der Waals surface area contributed by atoms with Gasteiger partial charge in [-0.3, -0.25) is 4.98 Å². The second kappa shape index (κ2) is 4.77. The Morgan fingerprint density at radius 1 is 1.00 bits per heavy atom. The Bertz CT molecular complexity index is 790. The Morgan fingerprint density at radius 2 is 1.85 bits per heavy atom. The maximum atomic E-state index is 13.6. The molecule has 100 valence electrons. The van der Waals surface area contributed by atoms with Gasteiger partial charge < -0.3 is 10.5 Å². The summed E-state index contributed by atoms with van der Waals surface area (Å²) in [5.41, 5.74) is 7.01. The number of rotatable bonds is 2. The molecule has 3 rings (SSSR count). The molecule has 0 radical (unpaired) electrons. The van der Waals surface area contributed by atoms with Gasteiger partial charge in [0, 0.05) is 17.6 Å². The molecular weight excluding hydrogens is 262 g/mol. The van der Waals surface area contributed by atoms with Crippen LogP contribution >= 0.6 is 0 Å². The van der Waals surface area contributed by atoms with E-state index in [-0.39, 0.29) is 11.5 Å². The predicted octanol–water partition coefficient (Wildman–Crippen LogP) is 3.89. The minimum atomic E-state index is -0.655. The fourth-order valence-corrected chi connectivity index (χ4v) is 1.92. The second-order valence-corrected chi connectivity index (χ2v) is 4.22. The molecule has 0 amide bonds. The molecule has 0 spiro atoms. The number of nitrogens with zero attached hydrogens (tertiary/aromatic N) is 1. The van der Waals surface area contributed by atoms with Gasteiger partial charge in [0.1, 0.15) is 5.82 Å². The van der Waals surface area contributed by atoms with Gasteiger partial charge in [0.2, 0.25) is 0 Å². The normalized spacial score (nSPS) is 10.7. The van der Waals surface area contributed by atoms with E-state index in [9.17, 15) is 8.78 Å². The zero-order valence-electron chi connectivity index (χ0n) is 10.3. The number of hydrogen-bond acceptors (Lipinski definition) is 3. The van der Waals surface area contributed by atoms with E-state index >= 15 is 0 Å². The van der Waals surface area contributed by atoms with E-state index < -0.39 is 11.6 Å². The van der Waals surface area contributed by atoms with E-state index in [1.54, 1.807) is 30.5 Å². The molecule has 2 N–H and O–H groups in total. The minimum Gasteiger partial charge on any atom is -0.452 e. The molecule has 1 heterocycles. The van der Waals surface area contributed by atoms with Gasteiger partial charge in [0.25, 0.3) is 0 Å². The number of nitrogen functional groups attached to an aromatic ring is 1. The molecule has 0 unspecified atom stereocenters. The molecule has 0 atom stereocenters. The van der Waals surface area contributed by atoms with Crippen LogP contribution in [0.4, 0.5) is 14.5 Å². The lowest BCUT2D eigenvalue weighted by molar-refractivity contribution is 0.438. The number of fused-ring (bicyclic) bond motifs is 1. The molecule has 0 aliphatic rings. The zero-order valence-corrected chi connectivity index (χ0v) is 10.3. The minimum absolute atomic E-state index is 0.208. The molecule has 20 heavy (non-hydrogen) atoms. The van der Waals surface area contributed by atoms with Crippen LogP contribution in [0.15, 0.2) is 48.7 Å². The van der Waals surface area contributed by atoms with Gasteiger partial charge in [-0.05, 0) is 36.4 Å². The topological polar surface area (TPSA) is 48.1 Å². The molecule has 0 aliphatic heterocycles. The van der Waals surface area contributed by atoms with Gasteiger partial charge in [-0.1, -0.05) is 0 Å². The summed E-state index contributed by atoms with van der Waals surface area (Å²) in [6.07, 6.45) is 1.65. The van der Waals surface area contributed by atoms with Gasteiger partial charge in [-0.25, -0.2) is 8.78 Å². The van der Waals surface area contributed by atoms with E-state index in [2.05, 4.69) is 4.98 Å². The first kappa shape index (κ1) is 12.3. The number of ether oxygens (including phenoxy) is 1.